The van der Waals surface area contributed by atoms with Crippen LogP contribution in [0.5, 0.6) is 11.5 Å². The SMILES string of the molecule is CCCCCCCCOc1ccc(N(c2ccc(NC(=O)CCl)cc2)c2ccc(OCCCCCCCC)cc2)cc1. The second-order valence-corrected chi connectivity index (χ2v) is 11.1. The van der Waals surface area contributed by atoms with Crippen LogP contribution in [0.1, 0.15) is 90.9 Å². The average molecular weight is 593 g/mol. The third-order valence-electron chi connectivity index (χ3n) is 7.25. The molecule has 6 heteroatoms. The Morgan fingerprint density at radius 3 is 1.38 bits per heavy atom. The van der Waals surface area contributed by atoms with Crippen LogP contribution < -0.4 is 19.7 Å². The number of hydrogen-bond donors (Lipinski definition) is 1. The number of anilines is 4. The Hall–Kier alpha value is -3.18. The van der Waals surface area contributed by atoms with E-state index in [9.17, 15) is 4.79 Å². The lowest BCUT2D eigenvalue weighted by atomic mass is 10.1. The van der Waals surface area contributed by atoms with Crippen LogP contribution in [0, 0.1) is 0 Å². The fraction of sp³-hybridized carbons (Fsp3) is 0.472. The zero-order valence-electron chi connectivity index (χ0n) is 25.6. The van der Waals surface area contributed by atoms with E-state index in [1.165, 1.54) is 64.2 Å². The summed E-state index contributed by atoms with van der Waals surface area (Å²) in [6.45, 7) is 5.97. The number of nitrogens with one attached hydrogen (secondary N) is 1. The fourth-order valence-electron chi connectivity index (χ4n) is 4.86. The number of rotatable bonds is 21. The molecule has 3 rings (SSSR count). The average Bonchev–Trinajstić information content (AvgIpc) is 3.02. The predicted octanol–water partition coefficient (Wildman–Crippen LogP) is 10.8. The number of carbonyl (C=O) groups is 1. The van der Waals surface area contributed by atoms with Crippen LogP contribution in [-0.2, 0) is 4.79 Å². The summed E-state index contributed by atoms with van der Waals surface area (Å²) in [5.41, 5.74) is 3.71. The molecule has 0 radical (unpaired) electrons. The molecule has 0 unspecified atom stereocenters. The van der Waals surface area contributed by atoms with E-state index < -0.39 is 0 Å². The van der Waals surface area contributed by atoms with E-state index in [4.69, 9.17) is 21.1 Å². The number of alkyl halides is 1. The lowest BCUT2D eigenvalue weighted by Crippen LogP contribution is -2.13. The minimum atomic E-state index is -0.227. The molecular weight excluding hydrogens is 544 g/mol. The summed E-state index contributed by atoms with van der Waals surface area (Å²) < 4.78 is 12.1. The van der Waals surface area contributed by atoms with Gasteiger partial charge in [0.25, 0.3) is 0 Å². The summed E-state index contributed by atoms with van der Waals surface area (Å²) in [5, 5.41) is 2.81. The molecule has 1 amide bonds. The number of carbonyl (C=O) groups excluding carboxylic acids is 1. The highest BCUT2D eigenvalue weighted by molar-refractivity contribution is 6.29. The molecule has 0 saturated carbocycles. The summed E-state index contributed by atoms with van der Waals surface area (Å²) in [4.78, 5) is 13.9. The van der Waals surface area contributed by atoms with Crippen molar-refractivity contribution in [3.8, 4) is 11.5 Å². The molecule has 0 aliphatic carbocycles. The lowest BCUT2D eigenvalue weighted by molar-refractivity contribution is -0.113. The summed E-state index contributed by atoms with van der Waals surface area (Å²) in [6.07, 6.45) is 15.0. The molecule has 0 atom stereocenters. The van der Waals surface area contributed by atoms with Crippen molar-refractivity contribution in [2.24, 2.45) is 0 Å². The van der Waals surface area contributed by atoms with E-state index >= 15 is 0 Å². The van der Waals surface area contributed by atoms with Gasteiger partial charge in [0.2, 0.25) is 5.91 Å². The molecular formula is C36H49ClN2O3. The van der Waals surface area contributed by atoms with Crippen molar-refractivity contribution >= 4 is 40.3 Å². The lowest BCUT2D eigenvalue weighted by Gasteiger charge is -2.26. The van der Waals surface area contributed by atoms with Gasteiger partial charge in [0.15, 0.2) is 0 Å². The normalized spacial score (nSPS) is 10.8. The minimum absolute atomic E-state index is 0.0750. The summed E-state index contributed by atoms with van der Waals surface area (Å²) in [7, 11) is 0. The molecule has 0 bridgehead atoms. The fourth-order valence-corrected chi connectivity index (χ4v) is 4.93. The van der Waals surface area contributed by atoms with Crippen LogP contribution in [0.2, 0.25) is 0 Å². The summed E-state index contributed by atoms with van der Waals surface area (Å²) >= 11 is 5.66. The molecule has 0 heterocycles. The molecule has 0 saturated heterocycles. The molecule has 42 heavy (non-hydrogen) atoms. The van der Waals surface area contributed by atoms with Gasteiger partial charge in [0.05, 0.1) is 13.2 Å². The highest BCUT2D eigenvalue weighted by Crippen LogP contribution is 2.36. The predicted molar refractivity (Wildman–Crippen MR) is 178 cm³/mol. The van der Waals surface area contributed by atoms with Crippen molar-refractivity contribution in [2.75, 3.05) is 29.3 Å². The molecule has 5 nitrogen and oxygen atoms in total. The zero-order chi connectivity index (χ0) is 29.8. The highest BCUT2D eigenvalue weighted by atomic mass is 35.5. The number of hydrogen-bond acceptors (Lipinski definition) is 4. The van der Waals surface area contributed by atoms with Crippen molar-refractivity contribution in [3.05, 3.63) is 72.8 Å². The van der Waals surface area contributed by atoms with Crippen LogP contribution in [0.25, 0.3) is 0 Å². The molecule has 0 aliphatic rings. The van der Waals surface area contributed by atoms with Gasteiger partial charge in [-0.25, -0.2) is 0 Å². The molecule has 228 valence electrons. The minimum Gasteiger partial charge on any atom is -0.494 e. The van der Waals surface area contributed by atoms with E-state index in [1.54, 1.807) is 0 Å². The standard InChI is InChI=1S/C36H49ClN2O3/c1-3-5-7-9-11-13-27-41-34-23-19-32(20-24-34)39(31-17-15-30(16-18-31)38-36(40)29-37)33-21-25-35(26-22-33)42-28-14-12-10-8-6-4-2/h15-26H,3-14,27-29H2,1-2H3,(H,38,40). The maximum absolute atomic E-state index is 11.7. The van der Waals surface area contributed by atoms with Gasteiger partial charge in [-0.3, -0.25) is 4.79 Å². The van der Waals surface area contributed by atoms with E-state index in [0.29, 0.717) is 5.69 Å². The van der Waals surface area contributed by atoms with Gasteiger partial charge >= 0.3 is 0 Å². The third kappa shape index (κ3) is 12.0. The van der Waals surface area contributed by atoms with Crippen molar-refractivity contribution in [2.45, 2.75) is 90.9 Å². The van der Waals surface area contributed by atoms with E-state index in [2.05, 4.69) is 48.3 Å². The Morgan fingerprint density at radius 1 is 0.595 bits per heavy atom. The first-order valence-corrected chi connectivity index (χ1v) is 16.4. The van der Waals surface area contributed by atoms with Crippen molar-refractivity contribution in [1.82, 2.24) is 0 Å². The van der Waals surface area contributed by atoms with E-state index in [0.717, 1.165) is 54.6 Å². The maximum Gasteiger partial charge on any atom is 0.239 e. The quantitative estimate of drug-likeness (QED) is 0.0987. The van der Waals surface area contributed by atoms with Gasteiger partial charge in [-0.15, -0.1) is 11.6 Å². The van der Waals surface area contributed by atoms with Gasteiger partial charge in [0, 0.05) is 22.7 Å². The maximum atomic E-state index is 11.7. The van der Waals surface area contributed by atoms with Gasteiger partial charge in [0.1, 0.15) is 17.4 Å². The first-order chi connectivity index (χ1) is 20.6. The van der Waals surface area contributed by atoms with Gasteiger partial charge in [-0.2, -0.15) is 0 Å². The van der Waals surface area contributed by atoms with E-state index in [-0.39, 0.29) is 11.8 Å². The van der Waals surface area contributed by atoms with Crippen molar-refractivity contribution < 1.29 is 14.3 Å². The topological polar surface area (TPSA) is 50.8 Å². The first-order valence-electron chi connectivity index (χ1n) is 15.9. The van der Waals surface area contributed by atoms with Gasteiger partial charge in [-0.05, 0) is 85.6 Å². The monoisotopic (exact) mass is 592 g/mol. The van der Waals surface area contributed by atoms with Crippen LogP contribution in [0.15, 0.2) is 72.8 Å². The summed E-state index contributed by atoms with van der Waals surface area (Å²) in [6, 6.07) is 24.3. The molecule has 0 fully saturated rings. The Labute approximate surface area is 258 Å². The van der Waals surface area contributed by atoms with Gasteiger partial charge < -0.3 is 19.7 Å². The number of nitrogens with zero attached hydrogens (tertiary/aromatic N) is 1. The Bertz CT molecular complexity index is 1070. The van der Waals surface area contributed by atoms with Gasteiger partial charge in [-0.1, -0.05) is 78.1 Å². The third-order valence-corrected chi connectivity index (χ3v) is 7.50. The Kier molecular flexibility index (Phi) is 15.8. The smallest absolute Gasteiger partial charge is 0.239 e. The Balaban J connectivity index is 1.67. The summed E-state index contributed by atoms with van der Waals surface area (Å²) in [5.74, 6) is 1.46. The molecule has 0 aromatic heterocycles. The van der Waals surface area contributed by atoms with Crippen LogP contribution in [-0.4, -0.2) is 25.0 Å². The van der Waals surface area contributed by atoms with Crippen LogP contribution >= 0.6 is 11.6 Å². The zero-order valence-corrected chi connectivity index (χ0v) is 26.3. The first kappa shape index (κ1) is 33.3. The Morgan fingerprint density at radius 2 is 0.976 bits per heavy atom. The highest BCUT2D eigenvalue weighted by Gasteiger charge is 2.14. The number of amides is 1. The van der Waals surface area contributed by atoms with Crippen molar-refractivity contribution in [3.63, 3.8) is 0 Å². The second-order valence-electron chi connectivity index (χ2n) is 10.8. The molecule has 3 aromatic carbocycles. The van der Waals surface area contributed by atoms with Crippen LogP contribution in [0.4, 0.5) is 22.7 Å². The molecule has 0 aliphatic heterocycles. The van der Waals surface area contributed by atoms with E-state index in [1.807, 2.05) is 48.5 Å². The van der Waals surface area contributed by atoms with Crippen molar-refractivity contribution in [1.29, 1.82) is 0 Å². The largest absolute Gasteiger partial charge is 0.494 e. The molecule has 3 aromatic rings. The second kappa shape index (κ2) is 19.9. The molecule has 0 spiro atoms. The number of ether oxygens (including phenoxy) is 2. The number of unbranched alkanes of at least 4 members (excludes halogenated alkanes) is 10. The number of benzene rings is 3. The molecule has 1 N–H and O–H groups in total. The van der Waals surface area contributed by atoms with Crippen LogP contribution in [0.3, 0.4) is 0 Å². The number of halogens is 1.